The molecule has 6 nitrogen and oxygen atoms in total. The lowest BCUT2D eigenvalue weighted by Gasteiger charge is -2.40. The predicted molar refractivity (Wildman–Crippen MR) is 63.9 cm³/mol. The predicted octanol–water partition coefficient (Wildman–Crippen LogP) is -0.123. The molecule has 0 saturated carbocycles. The van der Waals surface area contributed by atoms with E-state index in [-0.39, 0.29) is 12.3 Å². The van der Waals surface area contributed by atoms with Crippen LogP contribution in [0.5, 0.6) is 0 Å². The van der Waals surface area contributed by atoms with Gasteiger partial charge in [-0.3, -0.25) is 9.80 Å². The molecule has 0 aliphatic carbocycles. The highest BCUT2D eigenvalue weighted by Gasteiger charge is 2.31. The van der Waals surface area contributed by atoms with Crippen molar-refractivity contribution in [2.24, 2.45) is 5.73 Å². The van der Waals surface area contributed by atoms with Gasteiger partial charge in [0.2, 0.25) is 0 Å². The second-order valence-electron chi connectivity index (χ2n) is 4.64. The summed E-state index contributed by atoms with van der Waals surface area (Å²) >= 11 is 0. The van der Waals surface area contributed by atoms with Gasteiger partial charge in [-0.1, -0.05) is 0 Å². The van der Waals surface area contributed by atoms with Gasteiger partial charge in [0, 0.05) is 25.3 Å². The lowest BCUT2D eigenvalue weighted by Crippen LogP contribution is -2.58. The molecule has 96 valence electrons. The van der Waals surface area contributed by atoms with Crippen LogP contribution in [-0.4, -0.2) is 54.0 Å². The van der Waals surface area contributed by atoms with E-state index < -0.39 is 6.17 Å². The fourth-order valence-electron chi connectivity index (χ4n) is 2.03. The van der Waals surface area contributed by atoms with Crippen molar-refractivity contribution < 1.29 is 9.53 Å². The maximum atomic E-state index is 11.8. The van der Waals surface area contributed by atoms with E-state index in [4.69, 9.17) is 10.5 Å². The molecular formula is C11H20N4O2. The first-order valence-corrected chi connectivity index (χ1v) is 5.96. The van der Waals surface area contributed by atoms with Gasteiger partial charge in [0.05, 0.1) is 12.8 Å². The number of hydrogen-bond donors (Lipinski definition) is 2. The van der Waals surface area contributed by atoms with Crippen molar-refractivity contribution in [1.82, 2.24) is 15.1 Å². The Morgan fingerprint density at radius 2 is 2.35 bits per heavy atom. The Morgan fingerprint density at radius 3 is 3.00 bits per heavy atom. The third-order valence-corrected chi connectivity index (χ3v) is 3.10. The number of nitrogens with zero attached hydrogens (tertiary/aromatic N) is 2. The highest BCUT2D eigenvalue weighted by atomic mass is 16.5. The van der Waals surface area contributed by atoms with Crippen LogP contribution >= 0.6 is 0 Å². The van der Waals surface area contributed by atoms with Crippen LogP contribution in [0.15, 0.2) is 12.3 Å². The first kappa shape index (κ1) is 12.3. The highest BCUT2D eigenvalue weighted by Crippen LogP contribution is 2.14. The Balaban J connectivity index is 2.02. The van der Waals surface area contributed by atoms with E-state index >= 15 is 0 Å². The molecule has 17 heavy (non-hydrogen) atoms. The lowest BCUT2D eigenvalue weighted by molar-refractivity contribution is -0.0886. The van der Waals surface area contributed by atoms with E-state index in [1.807, 2.05) is 0 Å². The summed E-state index contributed by atoms with van der Waals surface area (Å²) < 4.78 is 5.63. The van der Waals surface area contributed by atoms with E-state index in [0.717, 1.165) is 13.1 Å². The average molecular weight is 240 g/mol. The van der Waals surface area contributed by atoms with Gasteiger partial charge < -0.3 is 15.8 Å². The van der Waals surface area contributed by atoms with Gasteiger partial charge in [0.25, 0.3) is 0 Å². The molecule has 0 bridgehead atoms. The van der Waals surface area contributed by atoms with Crippen molar-refractivity contribution in [2.45, 2.75) is 32.3 Å². The Labute approximate surface area is 101 Å². The van der Waals surface area contributed by atoms with E-state index in [1.165, 1.54) is 0 Å². The quantitative estimate of drug-likeness (QED) is 0.706. The molecule has 1 saturated heterocycles. The summed E-state index contributed by atoms with van der Waals surface area (Å²) in [6.45, 7) is 6.57. The number of carbonyl (C=O) groups excluding carboxylic acids is 1. The van der Waals surface area contributed by atoms with Crippen LogP contribution in [0.25, 0.3) is 0 Å². The van der Waals surface area contributed by atoms with E-state index in [9.17, 15) is 4.79 Å². The molecular weight excluding hydrogens is 220 g/mol. The Morgan fingerprint density at radius 1 is 1.59 bits per heavy atom. The Hall–Kier alpha value is -1.11. The minimum Gasteiger partial charge on any atom is -0.355 e. The van der Waals surface area contributed by atoms with Gasteiger partial charge in [-0.05, 0) is 19.9 Å². The SMILES string of the molecule is CC(C)N1CCO[C@@H](N2C=CC(N)NC2=O)C1. The van der Waals surface area contributed by atoms with Crippen LogP contribution in [0.3, 0.4) is 0 Å². The molecule has 2 heterocycles. The fraction of sp³-hybridized carbons (Fsp3) is 0.727. The van der Waals surface area contributed by atoms with Gasteiger partial charge in [-0.25, -0.2) is 4.79 Å². The van der Waals surface area contributed by atoms with Gasteiger partial charge in [0.1, 0.15) is 0 Å². The average Bonchev–Trinajstić information content (AvgIpc) is 2.29. The normalized spacial score (nSPS) is 30.8. The number of nitrogens with one attached hydrogen (secondary N) is 1. The minimum absolute atomic E-state index is 0.199. The number of amides is 2. The van der Waals surface area contributed by atoms with Crippen LogP contribution in [0.2, 0.25) is 0 Å². The van der Waals surface area contributed by atoms with Crippen LogP contribution in [-0.2, 0) is 4.74 Å². The molecule has 2 amide bonds. The molecule has 2 atom stereocenters. The fourth-order valence-corrected chi connectivity index (χ4v) is 2.03. The summed E-state index contributed by atoms with van der Waals surface area (Å²) in [6.07, 6.45) is 2.83. The summed E-state index contributed by atoms with van der Waals surface area (Å²) in [7, 11) is 0. The van der Waals surface area contributed by atoms with Crippen molar-refractivity contribution in [3.05, 3.63) is 12.3 Å². The summed E-state index contributed by atoms with van der Waals surface area (Å²) in [6, 6.07) is 0.260. The van der Waals surface area contributed by atoms with Crippen LogP contribution in [0, 0.1) is 0 Å². The van der Waals surface area contributed by atoms with Crippen molar-refractivity contribution >= 4 is 6.03 Å². The first-order chi connectivity index (χ1) is 8.08. The van der Waals surface area contributed by atoms with Crippen molar-refractivity contribution in [1.29, 1.82) is 0 Å². The molecule has 2 aliphatic heterocycles. The second kappa shape index (κ2) is 5.03. The zero-order valence-corrected chi connectivity index (χ0v) is 10.3. The number of ether oxygens (including phenoxy) is 1. The van der Waals surface area contributed by atoms with E-state index in [2.05, 4.69) is 24.1 Å². The third kappa shape index (κ3) is 2.77. The zero-order valence-electron chi connectivity index (χ0n) is 10.3. The molecule has 2 aliphatic rings. The molecule has 6 heteroatoms. The Kier molecular flexibility index (Phi) is 3.66. The number of nitrogens with two attached hydrogens (primary N) is 1. The maximum absolute atomic E-state index is 11.8. The Bertz CT molecular complexity index is 319. The van der Waals surface area contributed by atoms with Crippen LogP contribution in [0.4, 0.5) is 4.79 Å². The molecule has 0 spiro atoms. The smallest absolute Gasteiger partial charge is 0.325 e. The number of morpholine rings is 1. The number of hydrogen-bond acceptors (Lipinski definition) is 4. The van der Waals surface area contributed by atoms with Gasteiger partial charge in [0.15, 0.2) is 6.23 Å². The molecule has 1 fully saturated rings. The summed E-state index contributed by atoms with van der Waals surface area (Å²) in [4.78, 5) is 15.6. The molecule has 3 N–H and O–H groups in total. The second-order valence-corrected chi connectivity index (χ2v) is 4.64. The lowest BCUT2D eigenvalue weighted by atomic mass is 10.2. The largest absolute Gasteiger partial charge is 0.355 e. The third-order valence-electron chi connectivity index (χ3n) is 3.10. The number of carbonyl (C=O) groups is 1. The highest BCUT2D eigenvalue weighted by molar-refractivity contribution is 5.77. The molecule has 1 unspecified atom stereocenters. The standard InChI is InChI=1S/C11H20N4O2/c1-8(2)14-5-6-17-10(7-14)15-4-3-9(12)13-11(15)16/h3-4,8-10H,5-7,12H2,1-2H3,(H,13,16)/t9?,10-/m1/s1. The molecule has 0 radical (unpaired) electrons. The monoisotopic (exact) mass is 240 g/mol. The van der Waals surface area contributed by atoms with Gasteiger partial charge in [-0.2, -0.15) is 0 Å². The van der Waals surface area contributed by atoms with Gasteiger partial charge >= 0.3 is 6.03 Å². The van der Waals surface area contributed by atoms with Gasteiger partial charge in [-0.15, -0.1) is 0 Å². The van der Waals surface area contributed by atoms with Crippen LogP contribution < -0.4 is 11.1 Å². The summed E-state index contributed by atoms with van der Waals surface area (Å²) in [5.74, 6) is 0. The minimum atomic E-state index is -0.399. The first-order valence-electron chi connectivity index (χ1n) is 5.96. The molecule has 0 aromatic carbocycles. The van der Waals surface area contributed by atoms with E-state index in [1.54, 1.807) is 17.2 Å². The molecule has 2 rings (SSSR count). The summed E-state index contributed by atoms with van der Waals surface area (Å²) in [5.41, 5.74) is 5.60. The molecule has 0 aromatic heterocycles. The number of urea groups is 1. The maximum Gasteiger partial charge on any atom is 0.325 e. The number of rotatable bonds is 2. The summed E-state index contributed by atoms with van der Waals surface area (Å²) in [5, 5.41) is 2.65. The van der Waals surface area contributed by atoms with Crippen LogP contribution in [0.1, 0.15) is 13.8 Å². The van der Waals surface area contributed by atoms with Crippen molar-refractivity contribution in [3.63, 3.8) is 0 Å². The zero-order chi connectivity index (χ0) is 12.4. The van der Waals surface area contributed by atoms with E-state index in [0.29, 0.717) is 12.6 Å². The topological polar surface area (TPSA) is 70.8 Å². The van der Waals surface area contributed by atoms with Crippen molar-refractivity contribution in [3.8, 4) is 0 Å². The molecule has 0 aromatic rings. The van der Waals surface area contributed by atoms with Crippen molar-refractivity contribution in [2.75, 3.05) is 19.7 Å².